The van der Waals surface area contributed by atoms with E-state index in [0.29, 0.717) is 5.88 Å². The molecule has 0 bridgehead atoms. The number of nitrogens with zero attached hydrogens (tertiary/aromatic N) is 1. The topological polar surface area (TPSA) is 12.9 Å². The molecule has 2 aromatic rings. The SMILES string of the molecule is Cc1nc(CCl)sc1-c1cccc(Cl)c1. The largest absolute Gasteiger partial charge is 0.245 e. The van der Waals surface area contributed by atoms with E-state index in [1.54, 1.807) is 11.3 Å². The first-order valence-corrected chi connectivity index (χ1v) is 6.22. The summed E-state index contributed by atoms with van der Waals surface area (Å²) < 4.78 is 0. The number of halogens is 2. The Balaban J connectivity index is 2.48. The fraction of sp³-hybridized carbons (Fsp3) is 0.182. The highest BCUT2D eigenvalue weighted by Gasteiger charge is 2.08. The molecule has 0 spiro atoms. The molecule has 0 N–H and O–H groups in total. The smallest absolute Gasteiger partial charge is 0.108 e. The normalized spacial score (nSPS) is 10.6. The average Bonchev–Trinajstić information content (AvgIpc) is 2.60. The molecule has 0 aliphatic rings. The Morgan fingerprint density at radius 3 is 2.80 bits per heavy atom. The van der Waals surface area contributed by atoms with Crippen LogP contribution in [0.5, 0.6) is 0 Å². The quantitative estimate of drug-likeness (QED) is 0.722. The highest BCUT2D eigenvalue weighted by atomic mass is 35.5. The number of aryl methyl sites for hydroxylation is 1. The fourth-order valence-electron chi connectivity index (χ4n) is 1.41. The van der Waals surface area contributed by atoms with E-state index in [1.165, 1.54) is 0 Å². The van der Waals surface area contributed by atoms with E-state index in [9.17, 15) is 0 Å². The van der Waals surface area contributed by atoms with E-state index in [2.05, 4.69) is 4.98 Å². The molecule has 1 aromatic carbocycles. The molecule has 1 aromatic heterocycles. The maximum atomic E-state index is 5.95. The zero-order valence-electron chi connectivity index (χ0n) is 8.13. The van der Waals surface area contributed by atoms with Gasteiger partial charge in [0, 0.05) is 5.02 Å². The third-order valence-corrected chi connectivity index (χ3v) is 3.90. The molecule has 0 fully saturated rings. The van der Waals surface area contributed by atoms with E-state index < -0.39 is 0 Å². The lowest BCUT2D eigenvalue weighted by Crippen LogP contribution is -1.78. The van der Waals surface area contributed by atoms with E-state index in [1.807, 2.05) is 31.2 Å². The Kier molecular flexibility index (Phi) is 3.29. The summed E-state index contributed by atoms with van der Waals surface area (Å²) in [7, 11) is 0. The van der Waals surface area contributed by atoms with Crippen LogP contribution in [0.4, 0.5) is 0 Å². The van der Waals surface area contributed by atoms with E-state index in [-0.39, 0.29) is 0 Å². The number of alkyl halides is 1. The van der Waals surface area contributed by atoms with Gasteiger partial charge in [-0.05, 0) is 24.6 Å². The van der Waals surface area contributed by atoms with Crippen molar-refractivity contribution in [1.29, 1.82) is 0 Å². The summed E-state index contributed by atoms with van der Waals surface area (Å²) >= 11 is 13.3. The van der Waals surface area contributed by atoms with Gasteiger partial charge in [0.05, 0.1) is 16.5 Å². The lowest BCUT2D eigenvalue weighted by atomic mass is 10.2. The molecular formula is C11H9Cl2NS. The maximum absolute atomic E-state index is 5.95. The van der Waals surface area contributed by atoms with Crippen LogP contribution in [0.3, 0.4) is 0 Å². The maximum Gasteiger partial charge on any atom is 0.108 e. The summed E-state index contributed by atoms with van der Waals surface area (Å²) in [6.07, 6.45) is 0. The highest BCUT2D eigenvalue weighted by molar-refractivity contribution is 7.15. The molecular weight excluding hydrogens is 249 g/mol. The third kappa shape index (κ3) is 2.33. The Morgan fingerprint density at radius 1 is 1.40 bits per heavy atom. The van der Waals surface area contributed by atoms with Crippen molar-refractivity contribution in [3.63, 3.8) is 0 Å². The first kappa shape index (κ1) is 10.9. The molecule has 0 amide bonds. The number of hydrogen-bond acceptors (Lipinski definition) is 2. The minimum absolute atomic E-state index is 0.464. The molecule has 4 heteroatoms. The van der Waals surface area contributed by atoms with Gasteiger partial charge >= 0.3 is 0 Å². The first-order chi connectivity index (χ1) is 7.20. The molecule has 78 valence electrons. The van der Waals surface area contributed by atoms with Gasteiger partial charge in [-0.3, -0.25) is 0 Å². The summed E-state index contributed by atoms with van der Waals surface area (Å²) in [5, 5.41) is 1.69. The van der Waals surface area contributed by atoms with Gasteiger partial charge in [-0.15, -0.1) is 22.9 Å². The lowest BCUT2D eigenvalue weighted by Gasteiger charge is -1.98. The van der Waals surface area contributed by atoms with Gasteiger partial charge in [0.2, 0.25) is 0 Å². The zero-order chi connectivity index (χ0) is 10.8. The van der Waals surface area contributed by atoms with Gasteiger partial charge in [0.1, 0.15) is 5.01 Å². The predicted octanol–water partition coefficient (Wildman–Crippen LogP) is 4.51. The summed E-state index contributed by atoms with van der Waals surface area (Å²) in [5.74, 6) is 0.464. The monoisotopic (exact) mass is 257 g/mol. The number of hydrogen-bond donors (Lipinski definition) is 0. The van der Waals surface area contributed by atoms with Crippen LogP contribution in [-0.4, -0.2) is 4.98 Å². The summed E-state index contributed by atoms with van der Waals surface area (Å²) in [6, 6.07) is 7.78. The van der Waals surface area contributed by atoms with E-state index in [4.69, 9.17) is 23.2 Å². The minimum Gasteiger partial charge on any atom is -0.245 e. The van der Waals surface area contributed by atoms with Crippen LogP contribution >= 0.6 is 34.5 Å². The van der Waals surface area contributed by atoms with Gasteiger partial charge in [0.25, 0.3) is 0 Å². The van der Waals surface area contributed by atoms with Crippen molar-refractivity contribution in [2.75, 3.05) is 0 Å². The summed E-state index contributed by atoms with van der Waals surface area (Å²) in [4.78, 5) is 5.53. The zero-order valence-corrected chi connectivity index (χ0v) is 10.5. The lowest BCUT2D eigenvalue weighted by molar-refractivity contribution is 1.18. The summed E-state index contributed by atoms with van der Waals surface area (Å²) in [5.41, 5.74) is 2.12. The third-order valence-electron chi connectivity index (χ3n) is 2.04. The van der Waals surface area contributed by atoms with Crippen molar-refractivity contribution in [3.05, 3.63) is 40.0 Å². The standard InChI is InChI=1S/C11H9Cl2NS/c1-7-11(15-10(6-12)14-7)8-3-2-4-9(13)5-8/h2-5H,6H2,1H3. The second-order valence-electron chi connectivity index (χ2n) is 3.17. The van der Waals surface area contributed by atoms with E-state index >= 15 is 0 Å². The van der Waals surface area contributed by atoms with Crippen LogP contribution < -0.4 is 0 Å². The number of benzene rings is 1. The van der Waals surface area contributed by atoms with Crippen LogP contribution in [0.15, 0.2) is 24.3 Å². The van der Waals surface area contributed by atoms with Crippen molar-refractivity contribution in [2.45, 2.75) is 12.8 Å². The van der Waals surface area contributed by atoms with Gasteiger partial charge in [-0.25, -0.2) is 4.98 Å². The average molecular weight is 258 g/mol. The minimum atomic E-state index is 0.464. The molecule has 0 saturated carbocycles. The molecule has 1 heterocycles. The molecule has 0 saturated heterocycles. The van der Waals surface area contributed by atoms with Gasteiger partial charge in [-0.2, -0.15) is 0 Å². The molecule has 2 rings (SSSR count). The second kappa shape index (κ2) is 4.52. The number of aromatic nitrogens is 1. The fourth-order valence-corrected chi connectivity index (χ4v) is 2.73. The van der Waals surface area contributed by atoms with Crippen molar-refractivity contribution in [1.82, 2.24) is 4.98 Å². The van der Waals surface area contributed by atoms with Crippen molar-refractivity contribution >= 4 is 34.5 Å². The number of rotatable bonds is 2. The van der Waals surface area contributed by atoms with Crippen molar-refractivity contribution in [3.8, 4) is 10.4 Å². The Labute approximate surface area is 103 Å². The van der Waals surface area contributed by atoms with Crippen LogP contribution in [0, 0.1) is 6.92 Å². The number of thiazole rings is 1. The molecule has 0 unspecified atom stereocenters. The molecule has 1 nitrogen and oxygen atoms in total. The van der Waals surface area contributed by atoms with Gasteiger partial charge in [0.15, 0.2) is 0 Å². The predicted molar refractivity (Wildman–Crippen MR) is 66.9 cm³/mol. The van der Waals surface area contributed by atoms with Crippen LogP contribution in [0.25, 0.3) is 10.4 Å². The molecule has 0 radical (unpaired) electrons. The molecule has 15 heavy (non-hydrogen) atoms. The molecule has 0 aliphatic heterocycles. The van der Waals surface area contributed by atoms with Crippen molar-refractivity contribution < 1.29 is 0 Å². The first-order valence-electron chi connectivity index (χ1n) is 4.49. The summed E-state index contributed by atoms with van der Waals surface area (Å²) in [6.45, 7) is 1.99. The second-order valence-corrected chi connectivity index (χ2v) is 4.95. The van der Waals surface area contributed by atoms with Gasteiger partial charge < -0.3 is 0 Å². The highest BCUT2D eigenvalue weighted by Crippen LogP contribution is 2.31. The van der Waals surface area contributed by atoms with Crippen molar-refractivity contribution in [2.24, 2.45) is 0 Å². The van der Waals surface area contributed by atoms with Crippen LogP contribution in [-0.2, 0) is 5.88 Å². The van der Waals surface area contributed by atoms with Gasteiger partial charge in [-0.1, -0.05) is 23.7 Å². The molecule has 0 atom stereocenters. The Hall–Kier alpha value is -0.570. The molecule has 0 aliphatic carbocycles. The Morgan fingerprint density at radius 2 is 2.20 bits per heavy atom. The van der Waals surface area contributed by atoms with E-state index in [0.717, 1.165) is 26.2 Å². The van der Waals surface area contributed by atoms with Crippen LogP contribution in [0.2, 0.25) is 5.02 Å². The Bertz CT molecular complexity index is 479. The van der Waals surface area contributed by atoms with Crippen LogP contribution in [0.1, 0.15) is 10.7 Å².